The summed E-state index contributed by atoms with van der Waals surface area (Å²) in [6, 6.07) is 5.19. The fraction of sp³-hybridized carbons (Fsp3) is 0.509. The number of hydrogen-bond acceptors (Lipinski definition) is 14. The number of aliphatic hydroxyl groups excluding tert-OH is 1. The summed E-state index contributed by atoms with van der Waals surface area (Å²) in [5, 5.41) is 27.6. The first-order chi connectivity index (χ1) is 38.0. The van der Waals surface area contributed by atoms with Crippen molar-refractivity contribution < 1.29 is 82.4 Å². The molecule has 81 heavy (non-hydrogen) atoms. The summed E-state index contributed by atoms with van der Waals surface area (Å²) in [5.74, 6) is 0.660. The normalized spacial score (nSPS) is 18.6. The number of nitrogens with one attached hydrogen (secondary N) is 6. The second-order valence-electron chi connectivity index (χ2n) is 20.7. The van der Waals surface area contributed by atoms with Gasteiger partial charge in [0.1, 0.15) is 29.5 Å². The number of piperazine rings is 1. The number of alkyl carbamates (subject to hydrolysis) is 2. The van der Waals surface area contributed by atoms with Gasteiger partial charge >= 0.3 is 31.1 Å². The number of methoxy groups -OCH3 is 2. The van der Waals surface area contributed by atoms with E-state index in [1.165, 1.54) is 24.3 Å². The van der Waals surface area contributed by atoms with E-state index in [1.54, 1.807) is 16.8 Å². The van der Waals surface area contributed by atoms with Crippen molar-refractivity contribution in [2.45, 2.75) is 115 Å². The van der Waals surface area contributed by atoms with Gasteiger partial charge in [0, 0.05) is 79.1 Å². The molecule has 3 aliphatic rings. The lowest BCUT2D eigenvalue weighted by Crippen LogP contribution is -2.63. The minimum absolute atomic E-state index is 0.261. The monoisotopic (exact) mass is 1160 g/mol. The predicted molar refractivity (Wildman–Crippen MR) is 273 cm³/mol. The van der Waals surface area contributed by atoms with Crippen LogP contribution in [0.4, 0.5) is 59.3 Å². The Morgan fingerprint density at radius 1 is 0.815 bits per heavy atom. The van der Waals surface area contributed by atoms with Crippen molar-refractivity contribution in [3.63, 3.8) is 0 Å². The Morgan fingerprint density at radius 2 is 1.35 bits per heavy atom. The van der Waals surface area contributed by atoms with Crippen molar-refractivity contribution in [1.82, 2.24) is 41.6 Å². The fourth-order valence-corrected chi connectivity index (χ4v) is 9.35. The van der Waals surface area contributed by atoms with Crippen LogP contribution < -0.4 is 31.6 Å². The molecular formula is C53H62F10N10O8. The second kappa shape index (κ2) is 26.1. The molecule has 3 saturated heterocycles. The lowest BCUT2D eigenvalue weighted by atomic mass is 9.82. The third kappa shape index (κ3) is 15.4. The third-order valence-electron chi connectivity index (χ3n) is 14.6. The van der Waals surface area contributed by atoms with Crippen molar-refractivity contribution in [2.75, 3.05) is 52.0 Å². The van der Waals surface area contributed by atoms with E-state index in [0.717, 1.165) is 59.2 Å². The van der Waals surface area contributed by atoms with E-state index in [1.807, 2.05) is 22.9 Å². The lowest BCUT2D eigenvalue weighted by Gasteiger charge is -2.47. The molecule has 0 spiro atoms. The van der Waals surface area contributed by atoms with Gasteiger partial charge in [0.15, 0.2) is 0 Å². The van der Waals surface area contributed by atoms with Crippen LogP contribution in [-0.4, -0.2) is 159 Å². The van der Waals surface area contributed by atoms with Crippen LogP contribution in [0, 0.1) is 39.7 Å². The van der Waals surface area contributed by atoms with E-state index in [0.29, 0.717) is 86.5 Å². The van der Waals surface area contributed by atoms with Crippen molar-refractivity contribution in [1.29, 1.82) is 5.41 Å². The fourth-order valence-electron chi connectivity index (χ4n) is 9.35. The molecule has 442 valence electrons. The Labute approximate surface area is 459 Å². The van der Waals surface area contributed by atoms with Crippen molar-refractivity contribution in [3.8, 4) is 11.8 Å². The zero-order valence-electron chi connectivity index (χ0n) is 44.7. The molecule has 2 bridgehead atoms. The van der Waals surface area contributed by atoms with E-state index in [9.17, 15) is 59.4 Å². The smallest absolute Gasteiger partial charge is 0.407 e. The predicted octanol–water partition coefficient (Wildman–Crippen LogP) is 6.16. The van der Waals surface area contributed by atoms with Crippen molar-refractivity contribution in [2.24, 2.45) is 10.8 Å². The van der Waals surface area contributed by atoms with E-state index in [-0.39, 0.29) is 5.56 Å². The van der Waals surface area contributed by atoms with Crippen LogP contribution in [0.5, 0.6) is 0 Å². The molecule has 6 rings (SSSR count). The minimum atomic E-state index is -5.24. The third-order valence-corrected chi connectivity index (χ3v) is 14.6. The molecule has 7 N–H and O–H groups in total. The van der Waals surface area contributed by atoms with Gasteiger partial charge in [-0.1, -0.05) is 24.0 Å². The number of alkyl halides is 8. The van der Waals surface area contributed by atoms with Crippen LogP contribution in [-0.2, 0) is 36.8 Å². The number of amides is 4. The van der Waals surface area contributed by atoms with Gasteiger partial charge in [-0.15, -0.1) is 0 Å². The largest absolute Gasteiger partial charge is 0.453 e. The molecule has 3 fully saturated rings. The number of nitrogens with zero attached hydrogens (tertiary/aromatic N) is 4. The Balaban J connectivity index is 1.32. The van der Waals surface area contributed by atoms with E-state index >= 15 is 8.78 Å². The van der Waals surface area contributed by atoms with Crippen molar-refractivity contribution >= 4 is 41.6 Å². The average molecular weight is 1160 g/mol. The van der Waals surface area contributed by atoms with Crippen LogP contribution in [0.3, 0.4) is 0 Å². The second-order valence-corrected chi connectivity index (χ2v) is 20.7. The van der Waals surface area contributed by atoms with Gasteiger partial charge in [-0.25, -0.2) is 28.4 Å². The number of hydrogen-bond donors (Lipinski definition) is 7. The number of likely N-dealkylation sites (tertiary alicyclic amines) is 1. The topological polar surface area (TPSA) is 223 Å². The number of carbonyl (C=O) groups excluding carboxylic acids is 4. The molecule has 3 aliphatic heterocycles. The van der Waals surface area contributed by atoms with Crippen LogP contribution in [0.2, 0.25) is 0 Å². The Morgan fingerprint density at radius 3 is 1.81 bits per heavy atom. The summed E-state index contributed by atoms with van der Waals surface area (Å²) in [4.78, 5) is 62.4. The highest BCUT2D eigenvalue weighted by molar-refractivity contribution is 6.08. The van der Waals surface area contributed by atoms with Gasteiger partial charge in [-0.2, -0.15) is 35.1 Å². The molecule has 3 unspecified atom stereocenters. The lowest BCUT2D eigenvalue weighted by molar-refractivity contribution is -0.221. The first-order valence-corrected chi connectivity index (χ1v) is 25.2. The molecule has 28 heteroatoms. The number of benzene rings is 2. The molecule has 1 aromatic heterocycles. The minimum Gasteiger partial charge on any atom is -0.453 e. The molecule has 18 nitrogen and oxygen atoms in total. The summed E-state index contributed by atoms with van der Waals surface area (Å²) < 4.78 is 159. The average Bonchev–Trinajstić information content (AvgIpc) is 3.73. The number of aromatic nitrogens is 1. The summed E-state index contributed by atoms with van der Waals surface area (Å²) in [7, 11) is 1.59. The SMILES string of the molecule is COC(=O)NC(C(=O)N[C@@H](Cc1ccc(C#Cc2ccc(N3C4CCC3CN(C3COC3)C4)nc2)cc1)[C@@H](O)CN(Cc1c(F)cc(/C(C=N)=C/NC(F)F)cc1F)NC(=O)[C@@H](NC(=O)OC)C(C)(C)C(F)(F)F)C(C)(C)C(F)(F)F. The molecule has 4 amide bonds. The highest BCUT2D eigenvalue weighted by atomic mass is 19.4. The van der Waals surface area contributed by atoms with Crippen LogP contribution >= 0.6 is 0 Å². The Hall–Kier alpha value is -7.22. The Kier molecular flexibility index (Phi) is 20.3. The number of anilines is 1. The van der Waals surface area contributed by atoms with Crippen LogP contribution in [0.1, 0.15) is 68.4 Å². The highest BCUT2D eigenvalue weighted by Gasteiger charge is 2.57. The number of hydrazine groups is 1. The number of rotatable bonds is 21. The number of allylic oxidation sites excluding steroid dienone is 1. The number of pyridine rings is 1. The maximum Gasteiger partial charge on any atom is 0.407 e. The number of halogens is 10. The highest BCUT2D eigenvalue weighted by Crippen LogP contribution is 2.42. The molecular weight excluding hydrogens is 1090 g/mol. The zero-order chi connectivity index (χ0) is 59.8. The van der Waals surface area contributed by atoms with E-state index in [2.05, 4.69) is 36.4 Å². The van der Waals surface area contributed by atoms with Gasteiger partial charge in [0.2, 0.25) is 5.91 Å². The molecule has 3 aromatic rings. The number of fused-ring (bicyclic) bond motifs is 2. The maximum absolute atomic E-state index is 16.0. The zero-order valence-corrected chi connectivity index (χ0v) is 44.7. The van der Waals surface area contributed by atoms with Crippen LogP contribution in [0.25, 0.3) is 5.57 Å². The molecule has 6 atom stereocenters. The maximum atomic E-state index is 16.0. The summed E-state index contributed by atoms with van der Waals surface area (Å²) in [6.45, 7) is 0.0583. The van der Waals surface area contributed by atoms with E-state index < -0.39 is 126 Å². The summed E-state index contributed by atoms with van der Waals surface area (Å²) in [6.07, 6.45) is -11.3. The van der Waals surface area contributed by atoms with Crippen molar-refractivity contribution in [3.05, 3.63) is 100 Å². The van der Waals surface area contributed by atoms with Gasteiger partial charge in [-0.3, -0.25) is 19.9 Å². The Bertz CT molecular complexity index is 2790. The number of aliphatic hydroxyl groups is 1. The van der Waals surface area contributed by atoms with Gasteiger partial charge in [0.25, 0.3) is 5.91 Å². The summed E-state index contributed by atoms with van der Waals surface area (Å²) >= 11 is 0. The standard InChI is InChI=1S/C53H62F10N10O8/c1-50(2,52(58,59)60)43(68-48(77)79-5)45(75)67-40(17-30-10-7-29(8-11-30)9-12-31-13-16-42(65-21-31)73-34-14-15-35(73)24-71(23-34)36-27-81-28-36)41(74)26-72(70-46(76)44(69-49(78)80-6)51(3,4)53(61,62)63)25-37-38(54)18-32(19-39(37)55)33(20-64)22-66-47(56)57/h7-8,10-11,13,16,18-22,34-36,40-41,43-44,47,64,66,74H,14-15,17,23-28H2,1-6H3,(H,67,75)(H,68,77)(H,69,78)(H,70,76)/b33-22+,64-20?/t34?,35?,40-,41-,43?,44+/m0/s1. The molecule has 0 aliphatic carbocycles. The first-order valence-electron chi connectivity index (χ1n) is 25.2. The van der Waals surface area contributed by atoms with E-state index in [4.69, 9.17) is 15.1 Å². The van der Waals surface area contributed by atoms with Gasteiger partial charge in [-0.05, 0) is 94.5 Å². The quantitative estimate of drug-likeness (QED) is 0.0209. The molecule has 4 heterocycles. The molecule has 0 radical (unpaired) electrons. The van der Waals surface area contributed by atoms with Gasteiger partial charge in [0.05, 0.1) is 56.5 Å². The molecule has 2 aromatic carbocycles. The summed E-state index contributed by atoms with van der Waals surface area (Å²) in [5.41, 5.74) is -4.77. The molecule has 0 saturated carbocycles. The number of carbonyl (C=O) groups is 4. The van der Waals surface area contributed by atoms with Gasteiger partial charge < -0.3 is 50.9 Å². The van der Waals surface area contributed by atoms with Crippen LogP contribution in [0.15, 0.2) is 60.9 Å². The number of ether oxygens (including phenoxy) is 3. The first kappa shape index (κ1) is 63.0.